The summed E-state index contributed by atoms with van der Waals surface area (Å²) in [6, 6.07) is 6.52. The molecule has 1 aliphatic rings. The van der Waals surface area contributed by atoms with Gasteiger partial charge in [-0.05, 0) is 59.7 Å². The van der Waals surface area contributed by atoms with Gasteiger partial charge in [-0.1, -0.05) is 13.0 Å². The standard InChI is InChI=1S/C17H28N2O/c1-7-18-15(14-10-8-9-12(2)19-14)13-11-16(3,4)20-17(13,5)6/h8-10,13,15,18H,7,11H2,1-6H3. The van der Waals surface area contributed by atoms with Crippen LogP contribution in [0.4, 0.5) is 0 Å². The van der Waals surface area contributed by atoms with Crippen LogP contribution in [0.5, 0.6) is 0 Å². The predicted octanol–water partition coefficient (Wildman–Crippen LogP) is 3.63. The van der Waals surface area contributed by atoms with Crippen molar-refractivity contribution in [2.75, 3.05) is 6.54 Å². The summed E-state index contributed by atoms with van der Waals surface area (Å²) in [5.41, 5.74) is 2.00. The molecule has 1 aliphatic heterocycles. The van der Waals surface area contributed by atoms with E-state index in [4.69, 9.17) is 9.72 Å². The van der Waals surface area contributed by atoms with Crippen LogP contribution >= 0.6 is 0 Å². The molecule has 0 amide bonds. The van der Waals surface area contributed by atoms with E-state index >= 15 is 0 Å². The van der Waals surface area contributed by atoms with Crippen molar-refractivity contribution in [3.63, 3.8) is 0 Å². The van der Waals surface area contributed by atoms with Crippen LogP contribution in [0, 0.1) is 12.8 Å². The van der Waals surface area contributed by atoms with Gasteiger partial charge in [0.2, 0.25) is 0 Å². The second kappa shape index (κ2) is 5.45. The zero-order chi connectivity index (χ0) is 15.0. The molecule has 2 heterocycles. The van der Waals surface area contributed by atoms with Crippen molar-refractivity contribution >= 4 is 0 Å². The summed E-state index contributed by atoms with van der Waals surface area (Å²) in [6.07, 6.45) is 1.05. The van der Waals surface area contributed by atoms with E-state index in [1.165, 1.54) is 0 Å². The van der Waals surface area contributed by atoms with Crippen molar-refractivity contribution in [1.29, 1.82) is 0 Å². The summed E-state index contributed by atoms with van der Waals surface area (Å²) >= 11 is 0. The number of hydrogen-bond donors (Lipinski definition) is 1. The highest BCUT2D eigenvalue weighted by Crippen LogP contribution is 2.47. The van der Waals surface area contributed by atoms with E-state index in [9.17, 15) is 0 Å². The van der Waals surface area contributed by atoms with Crippen molar-refractivity contribution in [3.8, 4) is 0 Å². The Hall–Kier alpha value is -0.930. The quantitative estimate of drug-likeness (QED) is 0.911. The van der Waals surface area contributed by atoms with E-state index in [-0.39, 0.29) is 17.2 Å². The first-order valence-corrected chi connectivity index (χ1v) is 7.62. The molecular formula is C17H28N2O. The van der Waals surface area contributed by atoms with Gasteiger partial charge in [0, 0.05) is 11.6 Å². The van der Waals surface area contributed by atoms with Gasteiger partial charge in [0.25, 0.3) is 0 Å². The molecule has 3 heteroatoms. The molecular weight excluding hydrogens is 248 g/mol. The fraction of sp³-hybridized carbons (Fsp3) is 0.706. The van der Waals surface area contributed by atoms with E-state index in [1.807, 2.05) is 13.0 Å². The number of aryl methyl sites for hydroxylation is 1. The summed E-state index contributed by atoms with van der Waals surface area (Å²) in [5.74, 6) is 0.423. The van der Waals surface area contributed by atoms with E-state index in [0.717, 1.165) is 24.4 Å². The Kier molecular flexibility index (Phi) is 4.22. The van der Waals surface area contributed by atoms with Crippen LogP contribution in [0.15, 0.2) is 18.2 Å². The first kappa shape index (κ1) is 15.5. The van der Waals surface area contributed by atoms with Gasteiger partial charge in [0.05, 0.1) is 22.9 Å². The van der Waals surface area contributed by atoms with Gasteiger partial charge >= 0.3 is 0 Å². The van der Waals surface area contributed by atoms with Crippen LogP contribution in [0.2, 0.25) is 0 Å². The number of ether oxygens (including phenoxy) is 1. The molecule has 1 aromatic rings. The van der Waals surface area contributed by atoms with E-state index in [0.29, 0.717) is 5.92 Å². The summed E-state index contributed by atoms with van der Waals surface area (Å²) in [5, 5.41) is 3.62. The van der Waals surface area contributed by atoms with Crippen LogP contribution in [0.25, 0.3) is 0 Å². The monoisotopic (exact) mass is 276 g/mol. The van der Waals surface area contributed by atoms with Gasteiger partial charge in [0.15, 0.2) is 0 Å². The number of nitrogens with zero attached hydrogens (tertiary/aromatic N) is 1. The molecule has 0 aromatic carbocycles. The lowest BCUT2D eigenvalue weighted by atomic mass is 9.80. The zero-order valence-corrected chi connectivity index (χ0v) is 13.7. The molecule has 0 bridgehead atoms. The first-order chi connectivity index (χ1) is 9.25. The van der Waals surface area contributed by atoms with E-state index in [2.05, 4.69) is 52.1 Å². The second-order valence-corrected chi connectivity index (χ2v) is 7.02. The van der Waals surface area contributed by atoms with Gasteiger partial charge in [-0.3, -0.25) is 4.98 Å². The number of aromatic nitrogens is 1. The van der Waals surface area contributed by atoms with Crippen molar-refractivity contribution in [3.05, 3.63) is 29.6 Å². The molecule has 2 unspecified atom stereocenters. The maximum absolute atomic E-state index is 6.26. The molecule has 3 nitrogen and oxygen atoms in total. The van der Waals surface area contributed by atoms with Gasteiger partial charge < -0.3 is 10.1 Å². The van der Waals surface area contributed by atoms with Crippen LogP contribution in [0.1, 0.15) is 58.5 Å². The Morgan fingerprint density at radius 1 is 1.35 bits per heavy atom. The minimum atomic E-state index is -0.137. The zero-order valence-electron chi connectivity index (χ0n) is 13.7. The van der Waals surface area contributed by atoms with Crippen LogP contribution < -0.4 is 5.32 Å². The highest BCUT2D eigenvalue weighted by atomic mass is 16.5. The minimum absolute atomic E-state index is 0.0638. The Morgan fingerprint density at radius 3 is 2.55 bits per heavy atom. The highest BCUT2D eigenvalue weighted by molar-refractivity contribution is 5.17. The maximum Gasteiger partial charge on any atom is 0.0681 e. The van der Waals surface area contributed by atoms with Gasteiger partial charge in [-0.25, -0.2) is 0 Å². The lowest BCUT2D eigenvalue weighted by Gasteiger charge is -2.33. The Labute approximate surface area is 123 Å². The van der Waals surface area contributed by atoms with E-state index in [1.54, 1.807) is 0 Å². The number of hydrogen-bond acceptors (Lipinski definition) is 3. The first-order valence-electron chi connectivity index (χ1n) is 7.62. The van der Waals surface area contributed by atoms with E-state index < -0.39 is 0 Å². The molecule has 0 spiro atoms. The average molecular weight is 276 g/mol. The number of rotatable bonds is 4. The Morgan fingerprint density at radius 2 is 2.05 bits per heavy atom. The summed E-state index contributed by atoms with van der Waals surface area (Å²) in [4.78, 5) is 4.73. The fourth-order valence-corrected chi connectivity index (χ4v) is 3.53. The molecule has 0 aliphatic carbocycles. The molecule has 1 aromatic heterocycles. The summed E-state index contributed by atoms with van der Waals surface area (Å²) in [7, 11) is 0. The number of nitrogens with one attached hydrogen (secondary N) is 1. The molecule has 1 fully saturated rings. The third-order valence-corrected chi connectivity index (χ3v) is 4.20. The Bertz CT molecular complexity index is 468. The summed E-state index contributed by atoms with van der Waals surface area (Å²) < 4.78 is 6.26. The fourth-order valence-electron chi connectivity index (χ4n) is 3.53. The molecule has 2 rings (SSSR count). The average Bonchev–Trinajstić information content (AvgIpc) is 2.54. The molecule has 0 saturated carbocycles. The highest BCUT2D eigenvalue weighted by Gasteiger charge is 2.49. The smallest absolute Gasteiger partial charge is 0.0681 e. The molecule has 0 radical (unpaired) electrons. The lowest BCUT2D eigenvalue weighted by Crippen LogP contribution is -2.39. The molecule has 1 saturated heterocycles. The van der Waals surface area contributed by atoms with Crippen molar-refractivity contribution in [1.82, 2.24) is 10.3 Å². The Balaban J connectivity index is 2.34. The third-order valence-electron chi connectivity index (χ3n) is 4.20. The minimum Gasteiger partial charge on any atom is -0.369 e. The van der Waals surface area contributed by atoms with Crippen LogP contribution in [0.3, 0.4) is 0 Å². The van der Waals surface area contributed by atoms with Gasteiger partial charge in [0.1, 0.15) is 0 Å². The van der Waals surface area contributed by atoms with Crippen LogP contribution in [-0.4, -0.2) is 22.7 Å². The SMILES string of the molecule is CCNC(c1cccc(C)n1)C1CC(C)(C)OC1(C)C. The topological polar surface area (TPSA) is 34.2 Å². The van der Waals surface area contributed by atoms with Crippen molar-refractivity contribution in [2.45, 2.75) is 65.2 Å². The molecule has 112 valence electrons. The largest absolute Gasteiger partial charge is 0.369 e. The summed E-state index contributed by atoms with van der Waals surface area (Å²) in [6.45, 7) is 13.9. The normalized spacial score (nSPS) is 25.6. The second-order valence-electron chi connectivity index (χ2n) is 7.02. The van der Waals surface area contributed by atoms with Crippen LogP contribution in [-0.2, 0) is 4.74 Å². The third kappa shape index (κ3) is 3.21. The maximum atomic E-state index is 6.26. The van der Waals surface area contributed by atoms with Gasteiger partial charge in [-0.15, -0.1) is 0 Å². The lowest BCUT2D eigenvalue weighted by molar-refractivity contribution is -0.0779. The van der Waals surface area contributed by atoms with Crippen molar-refractivity contribution < 1.29 is 4.74 Å². The van der Waals surface area contributed by atoms with Crippen molar-refractivity contribution in [2.24, 2.45) is 5.92 Å². The molecule has 1 N–H and O–H groups in total. The molecule has 2 atom stereocenters. The predicted molar refractivity (Wildman–Crippen MR) is 82.7 cm³/mol. The molecule has 20 heavy (non-hydrogen) atoms. The number of pyridine rings is 1. The van der Waals surface area contributed by atoms with Gasteiger partial charge in [-0.2, -0.15) is 0 Å².